The maximum Gasteiger partial charge on any atom is 0.258 e. The van der Waals surface area contributed by atoms with E-state index in [1.807, 2.05) is 0 Å². The molecule has 0 saturated heterocycles. The maximum absolute atomic E-state index is 13.6. The van der Waals surface area contributed by atoms with Gasteiger partial charge in [-0.1, -0.05) is 17.7 Å². The third kappa shape index (κ3) is 3.80. The van der Waals surface area contributed by atoms with Crippen molar-refractivity contribution in [1.29, 1.82) is 0 Å². The summed E-state index contributed by atoms with van der Waals surface area (Å²) >= 11 is 5.72. The van der Waals surface area contributed by atoms with Crippen LogP contribution < -0.4 is 5.32 Å². The third-order valence-corrected chi connectivity index (χ3v) is 4.04. The molecule has 2 aromatic carbocycles. The van der Waals surface area contributed by atoms with Gasteiger partial charge in [-0.15, -0.1) is 0 Å². The molecular formula is C14H11ClFNO3S. The first-order valence-corrected chi connectivity index (χ1v) is 8.11. The van der Waals surface area contributed by atoms with E-state index in [-0.39, 0.29) is 21.2 Å². The first kappa shape index (κ1) is 15.5. The highest BCUT2D eigenvalue weighted by Crippen LogP contribution is 2.19. The van der Waals surface area contributed by atoms with E-state index < -0.39 is 21.6 Å². The topological polar surface area (TPSA) is 63.2 Å². The van der Waals surface area contributed by atoms with E-state index in [1.165, 1.54) is 36.4 Å². The average Bonchev–Trinajstić information content (AvgIpc) is 2.41. The molecule has 1 N–H and O–H groups in total. The second kappa shape index (κ2) is 5.83. The van der Waals surface area contributed by atoms with Crippen LogP contribution in [0.4, 0.5) is 10.1 Å². The van der Waals surface area contributed by atoms with Gasteiger partial charge in [0, 0.05) is 17.0 Å². The molecule has 0 fully saturated rings. The number of carbonyl (C=O) groups is 1. The Kier molecular flexibility index (Phi) is 4.29. The first-order valence-electron chi connectivity index (χ1n) is 5.84. The van der Waals surface area contributed by atoms with Crippen LogP contribution in [0.1, 0.15) is 10.4 Å². The van der Waals surface area contributed by atoms with Gasteiger partial charge in [0.05, 0.1) is 10.5 Å². The Morgan fingerprint density at radius 3 is 2.57 bits per heavy atom. The second-order valence-corrected chi connectivity index (χ2v) is 6.83. The molecule has 0 unspecified atom stereocenters. The molecular weight excluding hydrogens is 317 g/mol. The lowest BCUT2D eigenvalue weighted by atomic mass is 10.2. The van der Waals surface area contributed by atoms with Crippen molar-refractivity contribution in [2.24, 2.45) is 0 Å². The summed E-state index contributed by atoms with van der Waals surface area (Å²) < 4.78 is 36.5. The fourth-order valence-electron chi connectivity index (χ4n) is 1.67. The summed E-state index contributed by atoms with van der Waals surface area (Å²) in [5.74, 6) is -1.42. The van der Waals surface area contributed by atoms with E-state index in [0.29, 0.717) is 0 Å². The largest absolute Gasteiger partial charge is 0.322 e. The Bertz CT molecular complexity index is 806. The van der Waals surface area contributed by atoms with Crippen LogP contribution in [0.2, 0.25) is 5.02 Å². The fourth-order valence-corrected chi connectivity index (χ4v) is 2.51. The van der Waals surface area contributed by atoms with Gasteiger partial charge >= 0.3 is 0 Å². The van der Waals surface area contributed by atoms with Crippen molar-refractivity contribution in [3.8, 4) is 0 Å². The molecule has 2 aromatic rings. The zero-order valence-electron chi connectivity index (χ0n) is 10.9. The number of nitrogens with one attached hydrogen (secondary N) is 1. The van der Waals surface area contributed by atoms with Crippen molar-refractivity contribution < 1.29 is 17.6 Å². The molecule has 2 rings (SSSR count). The van der Waals surface area contributed by atoms with Crippen LogP contribution in [-0.4, -0.2) is 20.6 Å². The monoisotopic (exact) mass is 327 g/mol. The summed E-state index contributed by atoms with van der Waals surface area (Å²) in [6.07, 6.45) is 1.06. The van der Waals surface area contributed by atoms with Gasteiger partial charge in [-0.2, -0.15) is 0 Å². The molecule has 0 spiro atoms. The van der Waals surface area contributed by atoms with Crippen LogP contribution in [0.5, 0.6) is 0 Å². The van der Waals surface area contributed by atoms with Crippen molar-refractivity contribution in [3.05, 3.63) is 58.9 Å². The first-order chi connectivity index (χ1) is 9.77. The van der Waals surface area contributed by atoms with Crippen molar-refractivity contribution in [1.82, 2.24) is 0 Å². The summed E-state index contributed by atoms with van der Waals surface area (Å²) in [6, 6.07) is 9.32. The number of hydrogen-bond acceptors (Lipinski definition) is 3. The number of halogens is 2. The molecule has 0 heterocycles. The molecule has 0 atom stereocenters. The maximum atomic E-state index is 13.6. The molecule has 7 heteroatoms. The highest BCUT2D eigenvalue weighted by molar-refractivity contribution is 7.90. The molecule has 110 valence electrons. The number of benzene rings is 2. The molecule has 0 aromatic heterocycles. The SMILES string of the molecule is CS(=O)(=O)c1cccc(NC(=O)c2cc(Cl)ccc2F)c1. The van der Waals surface area contributed by atoms with Gasteiger partial charge in [0.2, 0.25) is 0 Å². The molecule has 0 aliphatic carbocycles. The zero-order valence-corrected chi connectivity index (χ0v) is 12.5. The predicted octanol–water partition coefficient (Wildman–Crippen LogP) is 3.13. The highest BCUT2D eigenvalue weighted by atomic mass is 35.5. The molecule has 21 heavy (non-hydrogen) atoms. The quantitative estimate of drug-likeness (QED) is 0.942. The van der Waals surface area contributed by atoms with E-state index in [9.17, 15) is 17.6 Å². The van der Waals surface area contributed by atoms with Crippen LogP contribution in [0, 0.1) is 5.82 Å². The molecule has 0 aliphatic rings. The molecule has 0 bridgehead atoms. The van der Waals surface area contributed by atoms with E-state index in [1.54, 1.807) is 0 Å². The van der Waals surface area contributed by atoms with E-state index in [0.717, 1.165) is 12.3 Å². The summed E-state index contributed by atoms with van der Waals surface area (Å²) in [4.78, 5) is 12.1. The molecule has 4 nitrogen and oxygen atoms in total. The number of hydrogen-bond donors (Lipinski definition) is 1. The Labute approximate surface area is 126 Å². The Morgan fingerprint density at radius 1 is 1.19 bits per heavy atom. The lowest BCUT2D eigenvalue weighted by molar-refractivity contribution is 0.102. The van der Waals surface area contributed by atoms with Gasteiger partial charge in [-0.3, -0.25) is 4.79 Å². The van der Waals surface area contributed by atoms with Gasteiger partial charge in [-0.25, -0.2) is 12.8 Å². The standard InChI is InChI=1S/C14H11ClFNO3S/c1-21(19,20)11-4-2-3-10(8-11)17-14(18)12-7-9(15)5-6-13(12)16/h2-8H,1H3,(H,17,18). The smallest absolute Gasteiger partial charge is 0.258 e. The normalized spacial score (nSPS) is 11.2. The predicted molar refractivity (Wildman–Crippen MR) is 78.9 cm³/mol. The van der Waals surface area contributed by atoms with E-state index in [2.05, 4.69) is 5.32 Å². The lowest BCUT2D eigenvalue weighted by Crippen LogP contribution is -2.14. The average molecular weight is 328 g/mol. The summed E-state index contributed by atoms with van der Waals surface area (Å²) in [6.45, 7) is 0. The Balaban J connectivity index is 2.30. The van der Waals surface area contributed by atoms with Gasteiger partial charge < -0.3 is 5.32 Å². The zero-order chi connectivity index (χ0) is 15.6. The van der Waals surface area contributed by atoms with Crippen molar-refractivity contribution in [2.75, 3.05) is 11.6 Å². The van der Waals surface area contributed by atoms with Gasteiger partial charge in [-0.05, 0) is 36.4 Å². The van der Waals surface area contributed by atoms with Crippen LogP contribution in [0.3, 0.4) is 0 Å². The van der Waals surface area contributed by atoms with Gasteiger partial charge in [0.15, 0.2) is 9.84 Å². The fraction of sp³-hybridized carbons (Fsp3) is 0.0714. The minimum absolute atomic E-state index is 0.0619. The van der Waals surface area contributed by atoms with Crippen molar-refractivity contribution in [3.63, 3.8) is 0 Å². The molecule has 0 saturated carbocycles. The van der Waals surface area contributed by atoms with Crippen molar-refractivity contribution >= 4 is 33.0 Å². The van der Waals surface area contributed by atoms with E-state index >= 15 is 0 Å². The van der Waals surface area contributed by atoms with Crippen LogP contribution in [0.15, 0.2) is 47.4 Å². The van der Waals surface area contributed by atoms with Crippen molar-refractivity contribution in [2.45, 2.75) is 4.90 Å². The molecule has 0 aliphatic heterocycles. The molecule has 0 radical (unpaired) electrons. The third-order valence-electron chi connectivity index (χ3n) is 2.69. The number of rotatable bonds is 3. The molecule has 1 amide bonds. The second-order valence-electron chi connectivity index (χ2n) is 4.38. The Morgan fingerprint density at radius 2 is 1.90 bits per heavy atom. The summed E-state index contributed by atoms with van der Waals surface area (Å²) in [5.41, 5.74) is 0.0366. The number of amides is 1. The summed E-state index contributed by atoms with van der Waals surface area (Å²) in [5, 5.41) is 2.66. The number of carbonyl (C=O) groups excluding carboxylic acids is 1. The number of sulfone groups is 1. The summed E-state index contributed by atoms with van der Waals surface area (Å²) in [7, 11) is -3.39. The lowest BCUT2D eigenvalue weighted by Gasteiger charge is -2.08. The van der Waals surface area contributed by atoms with Crippen LogP contribution in [-0.2, 0) is 9.84 Å². The van der Waals surface area contributed by atoms with Gasteiger partial charge in [0.25, 0.3) is 5.91 Å². The number of anilines is 1. The Hall–Kier alpha value is -1.92. The minimum atomic E-state index is -3.39. The van der Waals surface area contributed by atoms with Gasteiger partial charge in [0.1, 0.15) is 5.82 Å². The highest BCUT2D eigenvalue weighted by Gasteiger charge is 2.14. The van der Waals surface area contributed by atoms with E-state index in [4.69, 9.17) is 11.6 Å². The minimum Gasteiger partial charge on any atom is -0.322 e. The van der Waals surface area contributed by atoms with Crippen LogP contribution >= 0.6 is 11.6 Å². The van der Waals surface area contributed by atoms with Crippen LogP contribution in [0.25, 0.3) is 0 Å².